The molecule has 0 bridgehead atoms. The Balaban J connectivity index is 1.21. The third-order valence-electron chi connectivity index (χ3n) is 5.63. The van der Waals surface area contributed by atoms with Crippen LogP contribution < -0.4 is 5.32 Å². The highest BCUT2D eigenvalue weighted by Crippen LogP contribution is 2.31. The highest BCUT2D eigenvalue weighted by Gasteiger charge is 2.30. The number of rotatable bonds is 6. The predicted octanol–water partition coefficient (Wildman–Crippen LogP) is 2.93. The number of aromatic nitrogens is 2. The molecule has 2 heterocycles. The fourth-order valence-corrected chi connectivity index (χ4v) is 5.18. The first kappa shape index (κ1) is 18.3. The Morgan fingerprint density at radius 1 is 1.37 bits per heavy atom. The summed E-state index contributed by atoms with van der Waals surface area (Å²) in [6.07, 6.45) is 5.15. The van der Waals surface area contributed by atoms with Crippen molar-refractivity contribution in [1.82, 2.24) is 20.2 Å². The summed E-state index contributed by atoms with van der Waals surface area (Å²) in [5.41, 5.74) is 2.10. The van der Waals surface area contributed by atoms with E-state index in [2.05, 4.69) is 27.4 Å². The molecule has 0 radical (unpaired) electrons. The molecule has 2 fully saturated rings. The van der Waals surface area contributed by atoms with Gasteiger partial charge in [0, 0.05) is 18.3 Å². The Kier molecular flexibility index (Phi) is 5.65. The van der Waals surface area contributed by atoms with E-state index in [4.69, 9.17) is 5.26 Å². The van der Waals surface area contributed by atoms with Gasteiger partial charge in [-0.3, -0.25) is 4.79 Å². The van der Waals surface area contributed by atoms with Crippen LogP contribution in [0.15, 0.2) is 29.4 Å². The number of nitrogens with one attached hydrogen (secondary N) is 2. The molecule has 142 valence electrons. The van der Waals surface area contributed by atoms with Crippen molar-refractivity contribution in [3.63, 3.8) is 0 Å². The quantitative estimate of drug-likeness (QED) is 0.749. The number of aromatic amines is 1. The summed E-state index contributed by atoms with van der Waals surface area (Å²) >= 11 is 1.79. The summed E-state index contributed by atoms with van der Waals surface area (Å²) in [5.74, 6) is 1.77. The molecule has 1 aromatic heterocycles. The van der Waals surface area contributed by atoms with Gasteiger partial charge >= 0.3 is 0 Å². The highest BCUT2D eigenvalue weighted by atomic mass is 32.2. The molecule has 1 aromatic carbocycles. The summed E-state index contributed by atoms with van der Waals surface area (Å²) < 4.78 is 0. The number of hydrogen-bond donors (Lipinski definition) is 2. The molecule has 1 saturated heterocycles. The zero-order valence-electron chi connectivity index (χ0n) is 15.4. The average molecular weight is 384 g/mol. The first-order chi connectivity index (χ1) is 13.2. The van der Waals surface area contributed by atoms with Crippen molar-refractivity contribution >= 4 is 28.7 Å². The van der Waals surface area contributed by atoms with Gasteiger partial charge in [0.05, 0.1) is 23.6 Å². The van der Waals surface area contributed by atoms with E-state index in [1.807, 2.05) is 18.2 Å². The second-order valence-electron chi connectivity index (χ2n) is 7.50. The number of carbonyl (C=O) groups is 1. The van der Waals surface area contributed by atoms with Crippen LogP contribution >= 0.6 is 11.8 Å². The molecule has 4 rings (SSSR count). The van der Waals surface area contributed by atoms with Gasteiger partial charge in [-0.1, -0.05) is 23.9 Å². The zero-order chi connectivity index (χ0) is 18.6. The number of imidazole rings is 1. The summed E-state index contributed by atoms with van der Waals surface area (Å²) in [5, 5.41) is 13.5. The van der Waals surface area contributed by atoms with Crippen molar-refractivity contribution in [2.75, 3.05) is 18.8 Å². The van der Waals surface area contributed by atoms with E-state index >= 15 is 0 Å². The van der Waals surface area contributed by atoms with Crippen LogP contribution in [0.25, 0.3) is 11.0 Å². The van der Waals surface area contributed by atoms with Crippen molar-refractivity contribution in [2.45, 2.75) is 49.3 Å². The molecule has 2 aromatic rings. The molecule has 0 unspecified atom stereocenters. The average Bonchev–Trinajstić information content (AvgIpc) is 3.42. The minimum atomic E-state index is -0.226. The Hall–Kier alpha value is -2.04. The minimum Gasteiger partial charge on any atom is -0.333 e. The summed E-state index contributed by atoms with van der Waals surface area (Å²) in [7, 11) is 0. The lowest BCUT2D eigenvalue weighted by Crippen LogP contribution is -2.42. The number of carbonyl (C=O) groups excluding carboxylic acids is 1. The third kappa shape index (κ3) is 4.28. The van der Waals surface area contributed by atoms with Crippen LogP contribution in [0.1, 0.15) is 32.1 Å². The first-order valence-electron chi connectivity index (χ1n) is 9.73. The van der Waals surface area contributed by atoms with Gasteiger partial charge < -0.3 is 15.2 Å². The van der Waals surface area contributed by atoms with E-state index in [9.17, 15) is 4.79 Å². The van der Waals surface area contributed by atoms with Gasteiger partial charge in [0.2, 0.25) is 5.91 Å². The van der Waals surface area contributed by atoms with Crippen LogP contribution in [0.5, 0.6) is 0 Å². The predicted molar refractivity (Wildman–Crippen MR) is 106 cm³/mol. The number of nitrogens with zero attached hydrogens (tertiary/aromatic N) is 3. The molecular weight excluding hydrogens is 358 g/mol. The number of thioether (sulfide) groups is 1. The molecule has 2 aliphatic rings. The van der Waals surface area contributed by atoms with Crippen molar-refractivity contribution in [1.29, 1.82) is 5.26 Å². The van der Waals surface area contributed by atoms with E-state index in [1.54, 1.807) is 16.7 Å². The normalized spacial score (nSPS) is 25.1. The Morgan fingerprint density at radius 3 is 3.11 bits per heavy atom. The van der Waals surface area contributed by atoms with Crippen LogP contribution in [0.3, 0.4) is 0 Å². The van der Waals surface area contributed by atoms with Crippen molar-refractivity contribution in [3.05, 3.63) is 24.3 Å². The molecule has 2 N–H and O–H groups in total. The smallest absolute Gasteiger partial charge is 0.237 e. The van der Waals surface area contributed by atoms with Crippen molar-refractivity contribution < 1.29 is 4.79 Å². The molecule has 7 heteroatoms. The largest absolute Gasteiger partial charge is 0.333 e. The topological polar surface area (TPSA) is 84.8 Å². The molecular formula is C20H25N5OS. The van der Waals surface area contributed by atoms with Gasteiger partial charge in [-0.2, -0.15) is 5.26 Å². The Labute approximate surface area is 163 Å². The van der Waals surface area contributed by atoms with Crippen LogP contribution in [0.4, 0.5) is 0 Å². The number of nitriles is 1. The van der Waals surface area contributed by atoms with Gasteiger partial charge in [0.1, 0.15) is 6.04 Å². The highest BCUT2D eigenvalue weighted by molar-refractivity contribution is 7.99. The van der Waals surface area contributed by atoms with E-state index < -0.39 is 0 Å². The van der Waals surface area contributed by atoms with Crippen molar-refractivity contribution in [2.24, 2.45) is 5.92 Å². The van der Waals surface area contributed by atoms with E-state index in [1.165, 1.54) is 6.42 Å². The summed E-state index contributed by atoms with van der Waals surface area (Å²) in [4.78, 5) is 22.1. The number of fused-ring (bicyclic) bond motifs is 1. The fourth-order valence-electron chi connectivity index (χ4n) is 4.14. The molecule has 6 nitrogen and oxygen atoms in total. The van der Waals surface area contributed by atoms with Crippen LogP contribution in [-0.2, 0) is 4.79 Å². The number of para-hydroxylation sites is 2. The second kappa shape index (κ2) is 8.32. The van der Waals surface area contributed by atoms with Crippen LogP contribution in [0.2, 0.25) is 0 Å². The maximum absolute atomic E-state index is 12.3. The molecule has 1 amide bonds. The second-order valence-corrected chi connectivity index (χ2v) is 8.51. The van der Waals surface area contributed by atoms with E-state index in [-0.39, 0.29) is 11.9 Å². The lowest BCUT2D eigenvalue weighted by Gasteiger charge is -2.21. The Morgan fingerprint density at radius 2 is 2.26 bits per heavy atom. The SMILES string of the molecule is N#C[C@@H]1CCCN1C(=O)CN[C@@H]1CC[C@H](CSc2nc3ccccc3[nH]2)C1. The van der Waals surface area contributed by atoms with E-state index in [0.717, 1.165) is 54.2 Å². The molecule has 1 aliphatic carbocycles. The van der Waals surface area contributed by atoms with Gasteiger partial charge in [-0.25, -0.2) is 4.98 Å². The van der Waals surface area contributed by atoms with Gasteiger partial charge in [0.15, 0.2) is 5.16 Å². The third-order valence-corrected chi connectivity index (χ3v) is 6.73. The maximum atomic E-state index is 12.3. The molecule has 3 atom stereocenters. The number of benzene rings is 1. The summed E-state index contributed by atoms with van der Waals surface area (Å²) in [6, 6.07) is 10.5. The van der Waals surface area contributed by atoms with Gasteiger partial charge in [0.25, 0.3) is 0 Å². The van der Waals surface area contributed by atoms with Gasteiger partial charge in [-0.05, 0) is 50.2 Å². The molecule has 1 aliphatic heterocycles. The monoisotopic (exact) mass is 383 g/mol. The lowest BCUT2D eigenvalue weighted by atomic mass is 10.1. The molecule has 0 spiro atoms. The zero-order valence-corrected chi connectivity index (χ0v) is 16.2. The number of likely N-dealkylation sites (tertiary alicyclic amines) is 1. The minimum absolute atomic E-state index is 0.0687. The van der Waals surface area contributed by atoms with Gasteiger partial charge in [-0.15, -0.1) is 0 Å². The summed E-state index contributed by atoms with van der Waals surface area (Å²) in [6.45, 7) is 1.08. The molecule has 1 saturated carbocycles. The lowest BCUT2D eigenvalue weighted by molar-refractivity contribution is -0.130. The standard InChI is InChI=1S/C20H25N5OS/c21-11-16-4-3-9-25(16)19(26)12-22-15-8-7-14(10-15)13-27-20-23-17-5-1-2-6-18(17)24-20/h1-2,5-6,14-16,22H,3-4,7-10,12-13H2,(H,23,24)/t14-,15+,16-/m0/s1. The fraction of sp³-hybridized carbons (Fsp3) is 0.550. The number of H-pyrrole nitrogens is 1. The Bertz CT molecular complexity index is 811. The van der Waals surface area contributed by atoms with Crippen LogP contribution in [0, 0.1) is 17.2 Å². The number of hydrogen-bond acceptors (Lipinski definition) is 5. The van der Waals surface area contributed by atoms with Crippen molar-refractivity contribution in [3.8, 4) is 6.07 Å². The van der Waals surface area contributed by atoms with E-state index in [0.29, 0.717) is 18.5 Å². The molecule has 27 heavy (non-hydrogen) atoms. The first-order valence-corrected chi connectivity index (χ1v) is 10.7. The number of amides is 1. The van der Waals surface area contributed by atoms with Crippen LogP contribution in [-0.4, -0.2) is 51.7 Å². The maximum Gasteiger partial charge on any atom is 0.237 e.